The first-order valence-electron chi connectivity index (χ1n) is 9.34. The number of aromatic nitrogens is 1. The molecule has 0 unspecified atom stereocenters. The molecule has 2 heterocycles. The maximum Gasteiger partial charge on any atom is 0.272 e. The molecule has 1 fully saturated rings. The lowest BCUT2D eigenvalue weighted by molar-refractivity contribution is 0.0718. The van der Waals surface area contributed by atoms with E-state index in [2.05, 4.69) is 10.3 Å². The van der Waals surface area contributed by atoms with Crippen LogP contribution < -0.4 is 10.1 Å². The predicted molar refractivity (Wildman–Crippen MR) is 103 cm³/mol. The minimum absolute atomic E-state index is 0.0948. The molecule has 142 valence electrons. The van der Waals surface area contributed by atoms with Gasteiger partial charge in [-0.15, -0.1) is 0 Å². The van der Waals surface area contributed by atoms with Crippen LogP contribution in [0.15, 0.2) is 42.6 Å². The number of likely N-dealkylation sites (tertiary alicyclic amines) is 1. The van der Waals surface area contributed by atoms with Gasteiger partial charge in [-0.05, 0) is 55.5 Å². The van der Waals surface area contributed by atoms with Gasteiger partial charge in [0, 0.05) is 31.4 Å². The highest BCUT2D eigenvalue weighted by Gasteiger charge is 2.20. The summed E-state index contributed by atoms with van der Waals surface area (Å²) in [6.45, 7) is 2.04. The van der Waals surface area contributed by atoms with Crippen molar-refractivity contribution >= 4 is 11.8 Å². The highest BCUT2D eigenvalue weighted by molar-refractivity contribution is 5.98. The molecule has 2 amide bonds. The maximum atomic E-state index is 12.5. The van der Waals surface area contributed by atoms with Gasteiger partial charge in [-0.2, -0.15) is 0 Å². The van der Waals surface area contributed by atoms with Crippen molar-refractivity contribution in [1.29, 1.82) is 0 Å². The summed E-state index contributed by atoms with van der Waals surface area (Å²) in [7, 11) is 1.63. The van der Waals surface area contributed by atoms with Gasteiger partial charge in [0.05, 0.1) is 7.11 Å². The van der Waals surface area contributed by atoms with Crippen LogP contribution in [-0.4, -0.2) is 48.4 Å². The molecule has 0 saturated carbocycles. The third-order valence-electron chi connectivity index (χ3n) is 4.74. The van der Waals surface area contributed by atoms with Gasteiger partial charge in [0.1, 0.15) is 11.4 Å². The Kier molecular flexibility index (Phi) is 6.41. The van der Waals surface area contributed by atoms with E-state index in [0.717, 1.165) is 50.1 Å². The van der Waals surface area contributed by atoms with Gasteiger partial charge in [0.2, 0.25) is 0 Å². The van der Waals surface area contributed by atoms with E-state index in [0.29, 0.717) is 17.8 Å². The zero-order valence-electron chi connectivity index (χ0n) is 15.6. The van der Waals surface area contributed by atoms with Crippen molar-refractivity contribution in [2.75, 3.05) is 26.7 Å². The van der Waals surface area contributed by atoms with Crippen LogP contribution in [0.2, 0.25) is 0 Å². The summed E-state index contributed by atoms with van der Waals surface area (Å²) >= 11 is 0. The zero-order chi connectivity index (χ0) is 19.1. The molecule has 1 aliphatic heterocycles. The first-order chi connectivity index (χ1) is 13.2. The largest absolute Gasteiger partial charge is 0.497 e. The molecular formula is C21H25N3O3. The topological polar surface area (TPSA) is 71.5 Å². The van der Waals surface area contributed by atoms with Crippen molar-refractivity contribution in [1.82, 2.24) is 15.2 Å². The first kappa shape index (κ1) is 18.9. The van der Waals surface area contributed by atoms with Crippen LogP contribution in [0.5, 0.6) is 5.75 Å². The average molecular weight is 367 g/mol. The van der Waals surface area contributed by atoms with E-state index in [4.69, 9.17) is 4.74 Å². The number of methoxy groups -OCH3 is 1. The summed E-state index contributed by atoms with van der Waals surface area (Å²) in [5, 5.41) is 2.90. The van der Waals surface area contributed by atoms with Crippen LogP contribution in [0.4, 0.5) is 0 Å². The van der Waals surface area contributed by atoms with Crippen LogP contribution in [0.25, 0.3) is 0 Å². The van der Waals surface area contributed by atoms with Gasteiger partial charge in [0.15, 0.2) is 0 Å². The number of nitrogens with zero attached hydrogens (tertiary/aromatic N) is 2. The minimum atomic E-state index is -0.196. The Morgan fingerprint density at radius 3 is 2.56 bits per heavy atom. The molecule has 1 aromatic carbocycles. The summed E-state index contributed by atoms with van der Waals surface area (Å²) in [5.41, 5.74) is 1.91. The van der Waals surface area contributed by atoms with Crippen LogP contribution in [0.3, 0.4) is 0 Å². The number of carbonyl (C=O) groups excluding carboxylic acids is 2. The summed E-state index contributed by atoms with van der Waals surface area (Å²) in [4.78, 5) is 30.9. The number of ether oxygens (including phenoxy) is 1. The number of rotatable bonds is 6. The lowest BCUT2D eigenvalue weighted by Gasteiger charge is -2.26. The van der Waals surface area contributed by atoms with Gasteiger partial charge >= 0.3 is 0 Å². The van der Waals surface area contributed by atoms with E-state index in [1.165, 1.54) is 6.20 Å². The third kappa shape index (κ3) is 5.06. The van der Waals surface area contributed by atoms with Gasteiger partial charge in [-0.3, -0.25) is 14.6 Å². The number of hydrogen-bond acceptors (Lipinski definition) is 4. The quantitative estimate of drug-likeness (QED) is 0.852. The van der Waals surface area contributed by atoms with Gasteiger partial charge in [-0.1, -0.05) is 12.1 Å². The fourth-order valence-corrected chi connectivity index (χ4v) is 3.16. The van der Waals surface area contributed by atoms with Crippen LogP contribution in [0.1, 0.15) is 45.7 Å². The van der Waals surface area contributed by atoms with Crippen molar-refractivity contribution in [3.63, 3.8) is 0 Å². The molecule has 0 bridgehead atoms. The van der Waals surface area contributed by atoms with E-state index < -0.39 is 0 Å². The molecule has 1 aromatic heterocycles. The highest BCUT2D eigenvalue weighted by atomic mass is 16.5. The first-order valence-corrected chi connectivity index (χ1v) is 9.34. The van der Waals surface area contributed by atoms with Crippen LogP contribution in [0, 0.1) is 0 Å². The Labute approximate surface area is 159 Å². The fourth-order valence-electron chi connectivity index (χ4n) is 3.16. The summed E-state index contributed by atoms with van der Waals surface area (Å²) < 4.78 is 5.14. The third-order valence-corrected chi connectivity index (χ3v) is 4.74. The molecular weight excluding hydrogens is 342 g/mol. The van der Waals surface area contributed by atoms with E-state index in [1.54, 1.807) is 19.2 Å². The number of piperidine rings is 1. The summed E-state index contributed by atoms with van der Waals surface area (Å²) in [6.07, 6.45) is 5.46. The van der Waals surface area contributed by atoms with Crippen molar-refractivity contribution in [3.05, 3.63) is 59.4 Å². The molecule has 2 aromatic rings. The number of benzene rings is 1. The monoisotopic (exact) mass is 367 g/mol. The Bertz CT molecular complexity index is 784. The molecule has 1 aliphatic rings. The Morgan fingerprint density at radius 2 is 1.85 bits per heavy atom. The molecule has 27 heavy (non-hydrogen) atoms. The number of hydrogen-bond donors (Lipinski definition) is 1. The second kappa shape index (κ2) is 9.16. The molecule has 0 atom stereocenters. The van der Waals surface area contributed by atoms with Crippen molar-refractivity contribution < 1.29 is 14.3 Å². The number of amides is 2. The smallest absolute Gasteiger partial charge is 0.272 e. The molecule has 6 heteroatoms. The van der Waals surface area contributed by atoms with Crippen molar-refractivity contribution in [2.24, 2.45) is 0 Å². The highest BCUT2D eigenvalue weighted by Crippen LogP contribution is 2.13. The molecule has 0 radical (unpaired) electrons. The van der Waals surface area contributed by atoms with Gasteiger partial charge in [-0.25, -0.2) is 0 Å². The van der Waals surface area contributed by atoms with Gasteiger partial charge < -0.3 is 15.0 Å². The second-order valence-electron chi connectivity index (χ2n) is 6.64. The molecule has 0 spiro atoms. The Morgan fingerprint density at radius 1 is 1.11 bits per heavy atom. The van der Waals surface area contributed by atoms with E-state index in [1.807, 2.05) is 29.2 Å². The lowest BCUT2D eigenvalue weighted by atomic mass is 10.1. The van der Waals surface area contributed by atoms with Crippen LogP contribution in [-0.2, 0) is 6.42 Å². The Balaban J connectivity index is 1.55. The number of carbonyl (C=O) groups is 2. The van der Waals surface area contributed by atoms with E-state index in [-0.39, 0.29) is 11.8 Å². The van der Waals surface area contributed by atoms with Crippen LogP contribution >= 0.6 is 0 Å². The molecule has 3 rings (SSSR count). The average Bonchev–Trinajstić information content (AvgIpc) is 2.74. The molecule has 0 aliphatic carbocycles. The molecule has 6 nitrogen and oxygen atoms in total. The summed E-state index contributed by atoms with van der Waals surface area (Å²) in [5.74, 6) is 0.520. The minimum Gasteiger partial charge on any atom is -0.497 e. The number of nitrogens with one attached hydrogen (secondary N) is 1. The zero-order valence-corrected chi connectivity index (χ0v) is 15.6. The predicted octanol–water partition coefficient (Wildman–Crippen LogP) is 2.69. The maximum absolute atomic E-state index is 12.5. The Hall–Kier alpha value is -2.89. The standard InChI is InChI=1S/C21H25N3O3/c1-27-18-7-5-16(6-8-18)9-11-23-20(25)17-10-12-22-19(15-17)21(26)24-13-3-2-4-14-24/h5-8,10,12,15H,2-4,9,11,13-14H2,1H3,(H,23,25). The molecule has 1 saturated heterocycles. The van der Waals surface area contributed by atoms with Crippen molar-refractivity contribution in [3.8, 4) is 5.75 Å². The second-order valence-corrected chi connectivity index (χ2v) is 6.64. The fraction of sp³-hybridized carbons (Fsp3) is 0.381. The summed E-state index contributed by atoms with van der Waals surface area (Å²) in [6, 6.07) is 11.0. The van der Waals surface area contributed by atoms with E-state index >= 15 is 0 Å². The lowest BCUT2D eigenvalue weighted by Crippen LogP contribution is -2.36. The van der Waals surface area contributed by atoms with E-state index in [9.17, 15) is 9.59 Å². The normalized spacial score (nSPS) is 13.9. The SMILES string of the molecule is COc1ccc(CCNC(=O)c2ccnc(C(=O)N3CCCCC3)c2)cc1. The molecule has 1 N–H and O–H groups in total. The number of pyridine rings is 1. The van der Waals surface area contributed by atoms with Gasteiger partial charge in [0.25, 0.3) is 11.8 Å². The van der Waals surface area contributed by atoms with Crippen molar-refractivity contribution in [2.45, 2.75) is 25.7 Å².